The van der Waals surface area contributed by atoms with Crippen LogP contribution in [0.4, 0.5) is 0 Å². The quantitative estimate of drug-likeness (QED) is 0.866. The summed E-state index contributed by atoms with van der Waals surface area (Å²) in [6.45, 7) is 7.30. The summed E-state index contributed by atoms with van der Waals surface area (Å²) in [7, 11) is 0. The van der Waals surface area contributed by atoms with Gasteiger partial charge in [0, 0.05) is 23.7 Å². The van der Waals surface area contributed by atoms with E-state index in [1.54, 1.807) is 21.8 Å². The average molecular weight is 319 g/mol. The molecule has 0 spiro atoms. The van der Waals surface area contributed by atoms with E-state index < -0.39 is 0 Å². The van der Waals surface area contributed by atoms with Gasteiger partial charge in [-0.1, -0.05) is 19.8 Å². The fourth-order valence-corrected chi connectivity index (χ4v) is 4.38. The number of fused-ring (bicyclic) bond motifs is 1. The minimum Gasteiger partial charge on any atom is -0.297 e. The van der Waals surface area contributed by atoms with Gasteiger partial charge in [-0.05, 0) is 45.2 Å². The molecule has 0 bridgehead atoms. The smallest absolute Gasteiger partial charge is 0.259 e. The van der Waals surface area contributed by atoms with Crippen molar-refractivity contribution in [2.45, 2.75) is 52.5 Å². The summed E-state index contributed by atoms with van der Waals surface area (Å²) in [5.41, 5.74) is 1.94. The van der Waals surface area contributed by atoms with E-state index in [-0.39, 0.29) is 5.56 Å². The van der Waals surface area contributed by atoms with Gasteiger partial charge in [-0.25, -0.2) is 4.98 Å². The minimum absolute atomic E-state index is 0.0532. The first-order valence-electron chi connectivity index (χ1n) is 8.36. The predicted molar refractivity (Wildman–Crippen MR) is 91.6 cm³/mol. The first-order chi connectivity index (χ1) is 10.7. The summed E-state index contributed by atoms with van der Waals surface area (Å²) >= 11 is 1.55. The van der Waals surface area contributed by atoms with Crippen molar-refractivity contribution in [3.63, 3.8) is 0 Å². The van der Waals surface area contributed by atoms with E-state index in [1.807, 2.05) is 12.3 Å². The van der Waals surface area contributed by atoms with Gasteiger partial charge < -0.3 is 0 Å². The van der Waals surface area contributed by atoms with Crippen molar-refractivity contribution in [2.24, 2.45) is 5.92 Å². The molecule has 1 aliphatic heterocycles. The third-order valence-electron chi connectivity index (χ3n) is 4.65. The Hall–Kier alpha value is -1.20. The van der Waals surface area contributed by atoms with E-state index >= 15 is 0 Å². The van der Waals surface area contributed by atoms with Gasteiger partial charge in [0.25, 0.3) is 5.56 Å². The van der Waals surface area contributed by atoms with Crippen LogP contribution in [-0.2, 0) is 6.54 Å². The van der Waals surface area contributed by atoms with Gasteiger partial charge in [-0.3, -0.25) is 14.1 Å². The van der Waals surface area contributed by atoms with E-state index in [2.05, 4.69) is 16.8 Å². The molecule has 3 rings (SSSR count). The van der Waals surface area contributed by atoms with Crippen LogP contribution in [-0.4, -0.2) is 27.4 Å². The molecule has 0 aliphatic carbocycles. The van der Waals surface area contributed by atoms with Crippen LogP contribution >= 0.6 is 11.3 Å². The first kappa shape index (κ1) is 15.7. The molecule has 2 aromatic rings. The lowest BCUT2D eigenvalue weighted by atomic mass is 9.96. The molecule has 22 heavy (non-hydrogen) atoms. The second-order valence-electron chi connectivity index (χ2n) is 6.44. The number of aryl methyl sites for hydroxylation is 1. The molecule has 1 saturated heterocycles. The van der Waals surface area contributed by atoms with Crippen molar-refractivity contribution in [3.8, 4) is 0 Å². The van der Waals surface area contributed by atoms with E-state index in [4.69, 9.17) is 0 Å². The maximum Gasteiger partial charge on any atom is 0.259 e. The summed E-state index contributed by atoms with van der Waals surface area (Å²) in [6.07, 6.45) is 6.55. The zero-order chi connectivity index (χ0) is 15.5. The van der Waals surface area contributed by atoms with Crippen LogP contribution in [0.3, 0.4) is 0 Å². The third kappa shape index (κ3) is 3.41. The van der Waals surface area contributed by atoms with Crippen molar-refractivity contribution < 1.29 is 0 Å². The van der Waals surface area contributed by atoms with Gasteiger partial charge in [0.1, 0.15) is 0 Å². The van der Waals surface area contributed by atoms with E-state index in [0.717, 1.165) is 41.9 Å². The Morgan fingerprint density at radius 2 is 2.23 bits per heavy atom. The zero-order valence-corrected chi connectivity index (χ0v) is 14.4. The Bertz CT molecular complexity index is 691. The summed E-state index contributed by atoms with van der Waals surface area (Å²) in [5.74, 6) is 0.885. The maximum absolute atomic E-state index is 12.2. The number of aromatic nitrogens is 2. The second kappa shape index (κ2) is 6.92. The Balaban J connectivity index is 1.72. The summed E-state index contributed by atoms with van der Waals surface area (Å²) < 4.78 is 1.70. The lowest BCUT2D eigenvalue weighted by molar-refractivity contribution is 0.268. The van der Waals surface area contributed by atoms with Crippen LogP contribution in [0.25, 0.3) is 4.96 Å². The molecule has 0 saturated carbocycles. The fourth-order valence-electron chi connectivity index (χ4n) is 3.49. The van der Waals surface area contributed by atoms with E-state index in [9.17, 15) is 4.79 Å². The largest absolute Gasteiger partial charge is 0.297 e. The molecule has 2 aromatic heterocycles. The molecule has 0 amide bonds. The highest BCUT2D eigenvalue weighted by molar-refractivity contribution is 7.15. The van der Waals surface area contributed by atoms with Crippen LogP contribution in [0.5, 0.6) is 0 Å². The van der Waals surface area contributed by atoms with Crippen LogP contribution in [0.2, 0.25) is 0 Å². The normalized spacial score (nSPS) is 20.4. The van der Waals surface area contributed by atoms with Gasteiger partial charge in [-0.2, -0.15) is 0 Å². The molecule has 1 atom stereocenters. The van der Waals surface area contributed by atoms with Gasteiger partial charge in [-0.15, -0.1) is 11.3 Å². The highest BCUT2D eigenvalue weighted by Gasteiger charge is 2.17. The molecule has 120 valence electrons. The molecule has 3 heterocycles. The van der Waals surface area contributed by atoms with Crippen LogP contribution in [0.15, 0.2) is 16.2 Å². The summed E-state index contributed by atoms with van der Waals surface area (Å²) in [5, 5.41) is 1.99. The standard InChI is InChI=1S/C17H25N3OS/c1-3-5-14-6-4-8-19(9-7-14)11-15-10-16(21)20-13(2)12-22-17(20)18-15/h10,12,14H,3-9,11H2,1-2H3. The Kier molecular flexibility index (Phi) is 4.93. The maximum atomic E-state index is 12.2. The summed E-state index contributed by atoms with van der Waals surface area (Å²) in [4.78, 5) is 20.2. The number of hydrogen-bond acceptors (Lipinski definition) is 4. The SMILES string of the molecule is CCCC1CCCN(Cc2cc(=O)n3c(C)csc3n2)CC1. The molecule has 0 N–H and O–H groups in total. The first-order valence-corrected chi connectivity index (χ1v) is 9.24. The topological polar surface area (TPSA) is 37.6 Å². The van der Waals surface area contributed by atoms with Crippen molar-refractivity contribution in [1.29, 1.82) is 0 Å². The van der Waals surface area contributed by atoms with Gasteiger partial charge in [0.2, 0.25) is 0 Å². The molecule has 1 fully saturated rings. The van der Waals surface area contributed by atoms with Crippen LogP contribution < -0.4 is 5.56 Å². The highest BCUT2D eigenvalue weighted by Crippen LogP contribution is 2.22. The van der Waals surface area contributed by atoms with Crippen molar-refractivity contribution in [2.75, 3.05) is 13.1 Å². The van der Waals surface area contributed by atoms with E-state index in [0.29, 0.717) is 0 Å². The molecular weight excluding hydrogens is 294 g/mol. The monoisotopic (exact) mass is 319 g/mol. The fraction of sp³-hybridized carbons (Fsp3) is 0.647. The minimum atomic E-state index is 0.0532. The van der Waals surface area contributed by atoms with Gasteiger partial charge in [0.05, 0.1) is 5.69 Å². The van der Waals surface area contributed by atoms with Crippen molar-refractivity contribution in [3.05, 3.63) is 33.2 Å². The Labute approximate surface area is 135 Å². The molecular formula is C17H25N3OS. The molecule has 1 unspecified atom stereocenters. The predicted octanol–water partition coefficient (Wildman–Crippen LogP) is 3.47. The number of rotatable bonds is 4. The highest BCUT2D eigenvalue weighted by atomic mass is 32.1. The Morgan fingerprint density at radius 1 is 1.36 bits per heavy atom. The van der Waals surface area contributed by atoms with Crippen LogP contribution in [0.1, 0.15) is 50.4 Å². The Morgan fingerprint density at radius 3 is 3.05 bits per heavy atom. The molecule has 0 aromatic carbocycles. The number of nitrogens with zero attached hydrogens (tertiary/aromatic N) is 3. The molecule has 0 radical (unpaired) electrons. The second-order valence-corrected chi connectivity index (χ2v) is 7.28. The number of hydrogen-bond donors (Lipinski definition) is 0. The van der Waals surface area contributed by atoms with Crippen molar-refractivity contribution >= 4 is 16.3 Å². The number of thiazole rings is 1. The molecule has 1 aliphatic rings. The number of likely N-dealkylation sites (tertiary alicyclic amines) is 1. The van der Waals surface area contributed by atoms with Gasteiger partial charge in [0.15, 0.2) is 4.96 Å². The van der Waals surface area contributed by atoms with Crippen LogP contribution in [0, 0.1) is 12.8 Å². The molecule has 5 heteroatoms. The molecule has 4 nitrogen and oxygen atoms in total. The zero-order valence-electron chi connectivity index (χ0n) is 13.5. The lowest BCUT2D eigenvalue weighted by Gasteiger charge is -2.19. The van der Waals surface area contributed by atoms with E-state index in [1.165, 1.54) is 32.1 Å². The lowest BCUT2D eigenvalue weighted by Crippen LogP contribution is -2.26. The summed E-state index contributed by atoms with van der Waals surface area (Å²) in [6, 6.07) is 1.71. The van der Waals surface area contributed by atoms with Gasteiger partial charge >= 0.3 is 0 Å². The van der Waals surface area contributed by atoms with Crippen molar-refractivity contribution in [1.82, 2.24) is 14.3 Å². The third-order valence-corrected chi connectivity index (χ3v) is 5.60. The average Bonchev–Trinajstić information content (AvgIpc) is 2.72.